The molecule has 5 heteroatoms. The van der Waals surface area contributed by atoms with Gasteiger partial charge in [0.1, 0.15) is 5.15 Å². The van der Waals surface area contributed by atoms with E-state index in [1.54, 1.807) is 6.20 Å². The van der Waals surface area contributed by atoms with Crippen LogP contribution >= 0.6 is 11.6 Å². The number of benzene rings is 1. The van der Waals surface area contributed by atoms with Crippen molar-refractivity contribution in [3.05, 3.63) is 35.6 Å². The van der Waals surface area contributed by atoms with Crippen molar-refractivity contribution in [3.8, 4) is 0 Å². The molecule has 0 bridgehead atoms. The molecule has 2 aromatic rings. The van der Waals surface area contributed by atoms with Crippen LogP contribution in [0.2, 0.25) is 5.15 Å². The summed E-state index contributed by atoms with van der Waals surface area (Å²) in [5.41, 5.74) is 0.337. The van der Waals surface area contributed by atoms with Gasteiger partial charge in [0.2, 0.25) is 0 Å². The van der Waals surface area contributed by atoms with Gasteiger partial charge in [-0.2, -0.15) is 0 Å². The Morgan fingerprint density at radius 1 is 1.05 bits per heavy atom. The highest BCUT2D eigenvalue weighted by atomic mass is 35.5. The molecule has 1 aliphatic rings. The Bertz CT molecular complexity index is 656. The van der Waals surface area contributed by atoms with E-state index in [1.165, 1.54) is 0 Å². The van der Waals surface area contributed by atoms with E-state index in [4.69, 9.17) is 20.9 Å². The number of rotatable bonds is 1. The second-order valence-electron chi connectivity index (χ2n) is 6.17. The molecule has 3 nitrogen and oxygen atoms in total. The van der Waals surface area contributed by atoms with Crippen LogP contribution in [0.5, 0.6) is 0 Å². The normalized spacial score (nSPS) is 20.6. The summed E-state index contributed by atoms with van der Waals surface area (Å²) in [4.78, 5) is 4.08. The monoisotopic (exact) mass is 289 g/mol. The van der Waals surface area contributed by atoms with Gasteiger partial charge in [0, 0.05) is 11.6 Å². The molecule has 0 saturated carbocycles. The third-order valence-corrected chi connectivity index (χ3v) is 4.57. The fraction of sp³-hybridized carbons (Fsp3) is 0.400. The van der Waals surface area contributed by atoms with E-state index in [9.17, 15) is 0 Å². The highest BCUT2D eigenvalue weighted by Crippen LogP contribution is 2.36. The quantitative estimate of drug-likeness (QED) is 0.597. The average Bonchev–Trinajstić information content (AvgIpc) is 2.58. The van der Waals surface area contributed by atoms with E-state index in [2.05, 4.69) is 32.7 Å². The Hall–Kier alpha value is -1.10. The van der Waals surface area contributed by atoms with Crippen molar-refractivity contribution >= 4 is 35.0 Å². The number of halogens is 1. The SMILES string of the molecule is CC1(C)OB(c2ccc3c(Cl)nccc3c2)OC1(C)C. The first kappa shape index (κ1) is 13.9. The van der Waals surface area contributed by atoms with Gasteiger partial charge in [-0.1, -0.05) is 29.8 Å². The second kappa shape index (κ2) is 4.45. The van der Waals surface area contributed by atoms with E-state index in [-0.39, 0.29) is 18.3 Å². The highest BCUT2D eigenvalue weighted by molar-refractivity contribution is 6.62. The van der Waals surface area contributed by atoms with Gasteiger partial charge in [-0.25, -0.2) is 4.98 Å². The second-order valence-corrected chi connectivity index (χ2v) is 6.53. The Morgan fingerprint density at radius 3 is 2.35 bits per heavy atom. The van der Waals surface area contributed by atoms with Crippen LogP contribution in [0.25, 0.3) is 10.8 Å². The molecular weight excluding hydrogens is 272 g/mol. The molecule has 1 aliphatic heterocycles. The first-order chi connectivity index (χ1) is 9.30. The van der Waals surface area contributed by atoms with Crippen molar-refractivity contribution in [1.29, 1.82) is 0 Å². The van der Waals surface area contributed by atoms with Crippen LogP contribution in [0, 0.1) is 0 Å². The summed E-state index contributed by atoms with van der Waals surface area (Å²) in [6.45, 7) is 8.20. The molecule has 0 unspecified atom stereocenters. The fourth-order valence-corrected chi connectivity index (χ4v) is 2.51. The summed E-state index contributed by atoms with van der Waals surface area (Å²) < 4.78 is 12.1. The zero-order chi connectivity index (χ0) is 14.5. The number of hydrogen-bond acceptors (Lipinski definition) is 3. The van der Waals surface area contributed by atoms with E-state index in [1.807, 2.05) is 24.3 Å². The van der Waals surface area contributed by atoms with Crippen LogP contribution < -0.4 is 5.46 Å². The Balaban J connectivity index is 2.00. The lowest BCUT2D eigenvalue weighted by molar-refractivity contribution is 0.00578. The largest absolute Gasteiger partial charge is 0.494 e. The van der Waals surface area contributed by atoms with E-state index in [0.29, 0.717) is 5.15 Å². The minimum absolute atomic E-state index is 0.331. The van der Waals surface area contributed by atoms with Crippen LogP contribution in [0.1, 0.15) is 27.7 Å². The molecule has 20 heavy (non-hydrogen) atoms. The predicted molar refractivity (Wildman–Crippen MR) is 82.5 cm³/mol. The van der Waals surface area contributed by atoms with Gasteiger partial charge >= 0.3 is 7.12 Å². The zero-order valence-electron chi connectivity index (χ0n) is 12.1. The Labute approximate surface area is 124 Å². The van der Waals surface area contributed by atoms with E-state index < -0.39 is 0 Å². The van der Waals surface area contributed by atoms with Crippen molar-refractivity contribution in [2.45, 2.75) is 38.9 Å². The molecule has 0 aliphatic carbocycles. The lowest BCUT2D eigenvalue weighted by atomic mass is 9.78. The first-order valence-corrected chi connectivity index (χ1v) is 7.08. The summed E-state index contributed by atoms with van der Waals surface area (Å²) in [6, 6.07) is 7.93. The summed E-state index contributed by atoms with van der Waals surface area (Å²) >= 11 is 6.09. The van der Waals surface area contributed by atoms with Gasteiger partial charge in [0.05, 0.1) is 11.2 Å². The van der Waals surface area contributed by atoms with Crippen molar-refractivity contribution in [2.75, 3.05) is 0 Å². The maximum Gasteiger partial charge on any atom is 0.494 e. The maximum absolute atomic E-state index is 6.09. The lowest BCUT2D eigenvalue weighted by Gasteiger charge is -2.32. The van der Waals surface area contributed by atoms with Crippen molar-refractivity contribution in [3.63, 3.8) is 0 Å². The molecule has 3 rings (SSSR count). The lowest BCUT2D eigenvalue weighted by Crippen LogP contribution is -2.41. The van der Waals surface area contributed by atoms with Crippen molar-refractivity contribution in [1.82, 2.24) is 4.98 Å². The standard InChI is InChI=1S/C15H17BClNO2/c1-14(2)15(3,4)20-16(19-14)11-5-6-12-10(9-11)7-8-18-13(12)17/h5-9H,1-4H3. The summed E-state index contributed by atoms with van der Waals surface area (Å²) in [5, 5.41) is 2.50. The van der Waals surface area contributed by atoms with Gasteiger partial charge in [-0.3, -0.25) is 0 Å². The van der Waals surface area contributed by atoms with Crippen LogP contribution in [0.3, 0.4) is 0 Å². The zero-order valence-corrected chi connectivity index (χ0v) is 12.9. The minimum atomic E-state index is -0.351. The molecule has 1 aromatic carbocycles. The molecule has 1 fully saturated rings. The van der Waals surface area contributed by atoms with Crippen LogP contribution in [-0.4, -0.2) is 23.3 Å². The van der Waals surface area contributed by atoms with Gasteiger partial charge in [-0.15, -0.1) is 0 Å². The Morgan fingerprint density at radius 2 is 1.70 bits per heavy atom. The summed E-state index contributed by atoms with van der Waals surface area (Å²) in [7, 11) is -0.351. The number of nitrogens with zero attached hydrogens (tertiary/aromatic N) is 1. The molecule has 0 amide bonds. The van der Waals surface area contributed by atoms with Gasteiger partial charge in [-0.05, 0) is 44.6 Å². The molecule has 0 radical (unpaired) electrons. The van der Waals surface area contributed by atoms with Crippen molar-refractivity contribution < 1.29 is 9.31 Å². The molecule has 0 atom stereocenters. The van der Waals surface area contributed by atoms with Gasteiger partial charge in [0.15, 0.2) is 0 Å². The van der Waals surface area contributed by atoms with Crippen molar-refractivity contribution in [2.24, 2.45) is 0 Å². The first-order valence-electron chi connectivity index (χ1n) is 6.70. The predicted octanol–water partition coefficient (Wildman–Crippen LogP) is 3.19. The van der Waals surface area contributed by atoms with E-state index >= 15 is 0 Å². The van der Waals surface area contributed by atoms with E-state index in [0.717, 1.165) is 16.2 Å². The van der Waals surface area contributed by atoms with Gasteiger partial charge in [0.25, 0.3) is 0 Å². The molecule has 0 spiro atoms. The molecule has 104 valence electrons. The fourth-order valence-electron chi connectivity index (χ4n) is 2.29. The Kier molecular flexibility index (Phi) is 3.09. The third-order valence-electron chi connectivity index (χ3n) is 4.27. The van der Waals surface area contributed by atoms with Gasteiger partial charge < -0.3 is 9.31 Å². The average molecular weight is 290 g/mol. The summed E-state index contributed by atoms with van der Waals surface area (Å²) in [6.07, 6.45) is 1.71. The van der Waals surface area contributed by atoms with Crippen LogP contribution in [0.15, 0.2) is 30.5 Å². The molecule has 0 N–H and O–H groups in total. The maximum atomic E-state index is 6.09. The third kappa shape index (κ3) is 2.12. The topological polar surface area (TPSA) is 31.4 Å². The molecule has 1 aromatic heterocycles. The summed E-state index contributed by atoms with van der Waals surface area (Å²) in [5.74, 6) is 0. The number of aromatic nitrogens is 1. The number of hydrogen-bond donors (Lipinski definition) is 0. The number of fused-ring (bicyclic) bond motifs is 1. The molecule has 2 heterocycles. The highest BCUT2D eigenvalue weighted by Gasteiger charge is 2.51. The molecular formula is C15H17BClNO2. The smallest absolute Gasteiger partial charge is 0.399 e. The van der Waals surface area contributed by atoms with Crippen LogP contribution in [0.4, 0.5) is 0 Å². The number of pyridine rings is 1. The van der Waals surface area contributed by atoms with Crippen LogP contribution in [-0.2, 0) is 9.31 Å². The molecule has 1 saturated heterocycles. The minimum Gasteiger partial charge on any atom is -0.399 e.